The smallest absolute Gasteiger partial charge is 0.256 e. The standard InChI is InChI=1S/C14H16N2O/c1-9-6-7-13(10(2)8-9)16-14(17)11-4-3-5-12(11)15-16/h6-8,11H,3-5H2,1-2H3. The topological polar surface area (TPSA) is 32.7 Å². The number of hydrazone groups is 1. The van der Waals surface area contributed by atoms with Crippen LogP contribution in [0.3, 0.4) is 0 Å². The van der Waals surface area contributed by atoms with E-state index in [4.69, 9.17) is 0 Å². The summed E-state index contributed by atoms with van der Waals surface area (Å²) in [6.45, 7) is 4.09. The van der Waals surface area contributed by atoms with Crippen LogP contribution in [0.25, 0.3) is 0 Å². The molecule has 0 aromatic heterocycles. The summed E-state index contributed by atoms with van der Waals surface area (Å²) in [6.07, 6.45) is 3.06. The van der Waals surface area contributed by atoms with E-state index in [0.29, 0.717) is 0 Å². The van der Waals surface area contributed by atoms with Crippen molar-refractivity contribution >= 4 is 17.3 Å². The highest BCUT2D eigenvalue weighted by Gasteiger charge is 2.39. The average molecular weight is 228 g/mol. The largest absolute Gasteiger partial charge is 0.272 e. The molecule has 1 fully saturated rings. The molecular weight excluding hydrogens is 212 g/mol. The summed E-state index contributed by atoms with van der Waals surface area (Å²) < 4.78 is 0. The SMILES string of the molecule is Cc1ccc(N2N=C3CCCC3C2=O)c(C)c1. The highest BCUT2D eigenvalue weighted by atomic mass is 16.2. The predicted octanol–water partition coefficient (Wildman–Crippen LogP) is 2.81. The Kier molecular flexibility index (Phi) is 2.28. The van der Waals surface area contributed by atoms with Crippen molar-refractivity contribution in [3.8, 4) is 0 Å². The molecular formula is C14H16N2O. The van der Waals surface area contributed by atoms with Crippen LogP contribution in [0.4, 0.5) is 5.69 Å². The molecule has 1 aliphatic carbocycles. The van der Waals surface area contributed by atoms with E-state index in [1.54, 1.807) is 5.01 Å². The maximum absolute atomic E-state index is 12.2. The lowest BCUT2D eigenvalue weighted by atomic mass is 10.1. The normalized spacial score (nSPS) is 22.9. The molecule has 0 saturated heterocycles. The third kappa shape index (κ3) is 1.57. The maximum atomic E-state index is 12.2. The third-order valence-corrected chi connectivity index (χ3v) is 3.64. The quantitative estimate of drug-likeness (QED) is 0.727. The second-order valence-electron chi connectivity index (χ2n) is 4.98. The number of fused-ring (bicyclic) bond motifs is 1. The van der Waals surface area contributed by atoms with E-state index in [0.717, 1.165) is 36.2 Å². The summed E-state index contributed by atoms with van der Waals surface area (Å²) in [5.41, 5.74) is 4.34. The number of hydrogen-bond donors (Lipinski definition) is 0. The van der Waals surface area contributed by atoms with Crippen molar-refractivity contribution < 1.29 is 4.79 Å². The number of anilines is 1. The molecule has 2 aliphatic rings. The molecule has 1 unspecified atom stereocenters. The fourth-order valence-corrected chi connectivity index (χ4v) is 2.75. The number of aryl methyl sites for hydroxylation is 2. The van der Waals surface area contributed by atoms with Crippen LogP contribution in [0.15, 0.2) is 23.3 Å². The molecule has 1 heterocycles. The van der Waals surface area contributed by atoms with Crippen LogP contribution in [0.5, 0.6) is 0 Å². The van der Waals surface area contributed by atoms with Crippen LogP contribution in [0.2, 0.25) is 0 Å². The summed E-state index contributed by atoms with van der Waals surface area (Å²) in [5, 5.41) is 6.10. The van der Waals surface area contributed by atoms with Gasteiger partial charge in [-0.1, -0.05) is 17.7 Å². The Balaban J connectivity index is 2.00. The van der Waals surface area contributed by atoms with Gasteiger partial charge in [0.25, 0.3) is 5.91 Å². The number of carbonyl (C=O) groups is 1. The zero-order valence-electron chi connectivity index (χ0n) is 10.2. The van der Waals surface area contributed by atoms with Crippen molar-refractivity contribution in [1.29, 1.82) is 0 Å². The molecule has 3 heteroatoms. The summed E-state index contributed by atoms with van der Waals surface area (Å²) >= 11 is 0. The highest BCUT2D eigenvalue weighted by molar-refractivity contribution is 6.16. The van der Waals surface area contributed by atoms with Gasteiger partial charge in [-0.2, -0.15) is 10.1 Å². The van der Waals surface area contributed by atoms with Gasteiger partial charge in [-0.3, -0.25) is 4.79 Å². The van der Waals surface area contributed by atoms with E-state index in [9.17, 15) is 4.79 Å². The number of nitrogens with zero attached hydrogens (tertiary/aromatic N) is 2. The van der Waals surface area contributed by atoms with Crippen LogP contribution >= 0.6 is 0 Å². The van der Waals surface area contributed by atoms with Crippen LogP contribution in [-0.2, 0) is 4.79 Å². The lowest BCUT2D eigenvalue weighted by molar-refractivity contribution is -0.119. The minimum absolute atomic E-state index is 0.0655. The molecule has 88 valence electrons. The Hall–Kier alpha value is -1.64. The number of amides is 1. The van der Waals surface area contributed by atoms with E-state index in [2.05, 4.69) is 18.1 Å². The molecule has 1 aliphatic heterocycles. The van der Waals surface area contributed by atoms with Crippen LogP contribution in [0.1, 0.15) is 30.4 Å². The molecule has 0 bridgehead atoms. The van der Waals surface area contributed by atoms with Gasteiger partial charge in [0, 0.05) is 0 Å². The van der Waals surface area contributed by atoms with Crippen molar-refractivity contribution in [1.82, 2.24) is 0 Å². The molecule has 0 spiro atoms. The monoisotopic (exact) mass is 228 g/mol. The summed E-state index contributed by atoms with van der Waals surface area (Å²) in [7, 11) is 0. The van der Waals surface area contributed by atoms with Gasteiger partial charge in [0.1, 0.15) is 0 Å². The van der Waals surface area contributed by atoms with Gasteiger partial charge in [-0.25, -0.2) is 0 Å². The Labute approximate surface area is 101 Å². The van der Waals surface area contributed by atoms with Gasteiger partial charge < -0.3 is 0 Å². The molecule has 3 rings (SSSR count). The number of benzene rings is 1. The fraction of sp³-hybridized carbons (Fsp3) is 0.429. The average Bonchev–Trinajstić information content (AvgIpc) is 2.83. The molecule has 17 heavy (non-hydrogen) atoms. The number of rotatable bonds is 1. The van der Waals surface area contributed by atoms with Gasteiger partial charge in [-0.15, -0.1) is 0 Å². The lowest BCUT2D eigenvalue weighted by Gasteiger charge is -2.16. The number of carbonyl (C=O) groups excluding carboxylic acids is 1. The second-order valence-corrected chi connectivity index (χ2v) is 4.98. The summed E-state index contributed by atoms with van der Waals surface area (Å²) in [4.78, 5) is 12.2. The zero-order valence-corrected chi connectivity index (χ0v) is 10.2. The summed E-state index contributed by atoms with van der Waals surface area (Å²) in [5.74, 6) is 0.222. The maximum Gasteiger partial charge on any atom is 0.256 e. The Morgan fingerprint density at radius 1 is 1.35 bits per heavy atom. The van der Waals surface area contributed by atoms with Gasteiger partial charge in [0.2, 0.25) is 0 Å². The molecule has 0 radical (unpaired) electrons. The molecule has 1 saturated carbocycles. The van der Waals surface area contributed by atoms with E-state index < -0.39 is 0 Å². The van der Waals surface area contributed by atoms with Gasteiger partial charge in [0.05, 0.1) is 17.3 Å². The first kappa shape index (κ1) is 10.5. The molecule has 1 aromatic rings. The van der Waals surface area contributed by atoms with Crippen molar-refractivity contribution in [2.75, 3.05) is 5.01 Å². The van der Waals surface area contributed by atoms with Crippen molar-refractivity contribution in [3.05, 3.63) is 29.3 Å². The molecule has 0 N–H and O–H groups in total. The minimum atomic E-state index is 0.0655. The van der Waals surface area contributed by atoms with Crippen LogP contribution in [-0.4, -0.2) is 11.6 Å². The Bertz CT molecular complexity index is 519. The lowest BCUT2D eigenvalue weighted by Crippen LogP contribution is -2.26. The predicted molar refractivity (Wildman–Crippen MR) is 68.2 cm³/mol. The Morgan fingerprint density at radius 2 is 2.18 bits per heavy atom. The van der Waals surface area contributed by atoms with Crippen molar-refractivity contribution in [2.24, 2.45) is 11.0 Å². The molecule has 1 atom stereocenters. The van der Waals surface area contributed by atoms with E-state index >= 15 is 0 Å². The van der Waals surface area contributed by atoms with Gasteiger partial charge in [-0.05, 0) is 44.7 Å². The van der Waals surface area contributed by atoms with Gasteiger partial charge >= 0.3 is 0 Å². The molecule has 3 nitrogen and oxygen atoms in total. The third-order valence-electron chi connectivity index (χ3n) is 3.64. The van der Waals surface area contributed by atoms with E-state index in [-0.39, 0.29) is 11.8 Å². The van der Waals surface area contributed by atoms with Crippen molar-refractivity contribution in [2.45, 2.75) is 33.1 Å². The molecule has 1 aromatic carbocycles. The van der Waals surface area contributed by atoms with Gasteiger partial charge in [0.15, 0.2) is 0 Å². The first-order valence-electron chi connectivity index (χ1n) is 6.15. The first-order chi connectivity index (χ1) is 8.16. The fourth-order valence-electron chi connectivity index (χ4n) is 2.75. The summed E-state index contributed by atoms with van der Waals surface area (Å²) in [6, 6.07) is 6.12. The van der Waals surface area contributed by atoms with Crippen LogP contribution in [0, 0.1) is 19.8 Å². The first-order valence-corrected chi connectivity index (χ1v) is 6.15. The second kappa shape index (κ2) is 3.69. The Morgan fingerprint density at radius 3 is 2.88 bits per heavy atom. The van der Waals surface area contributed by atoms with Crippen LogP contribution < -0.4 is 5.01 Å². The minimum Gasteiger partial charge on any atom is -0.272 e. The number of hydrogen-bond acceptors (Lipinski definition) is 2. The van der Waals surface area contributed by atoms with E-state index in [1.165, 1.54) is 5.56 Å². The van der Waals surface area contributed by atoms with Crippen molar-refractivity contribution in [3.63, 3.8) is 0 Å². The van der Waals surface area contributed by atoms with E-state index in [1.807, 2.05) is 19.1 Å². The zero-order chi connectivity index (χ0) is 12.0. The highest BCUT2D eigenvalue weighted by Crippen LogP contribution is 2.34. The molecule has 1 amide bonds.